The van der Waals surface area contributed by atoms with Crippen LogP contribution in [-0.2, 0) is 0 Å². The first kappa shape index (κ1) is 4.33. The van der Waals surface area contributed by atoms with E-state index in [2.05, 4.69) is 4.98 Å². The van der Waals surface area contributed by atoms with Gasteiger partial charge >= 0.3 is 0 Å². The van der Waals surface area contributed by atoms with Gasteiger partial charge in [-0.15, -0.1) is 0 Å². The molecule has 3 N–H and O–H groups in total. The third kappa shape index (κ3) is 1.46. The summed E-state index contributed by atoms with van der Waals surface area (Å²) in [4.78, 5) is 14.9. The molecule has 58 valence electrons. The lowest BCUT2D eigenvalue weighted by Gasteiger charge is -2.00. The number of pyridine rings is 1. The van der Waals surface area contributed by atoms with E-state index in [1.165, 1.54) is 12.3 Å². The van der Waals surface area contributed by atoms with Gasteiger partial charge in [0.2, 0.25) is 0 Å². The van der Waals surface area contributed by atoms with E-state index in [4.69, 9.17) is 9.85 Å². The number of aromatic nitrogens is 1. The van der Waals surface area contributed by atoms with Crippen molar-refractivity contribution in [2.24, 2.45) is 0 Å². The number of hydrogen-bond donors (Lipinski definition) is 2. The van der Waals surface area contributed by atoms with Gasteiger partial charge in [0.25, 0.3) is 5.91 Å². The van der Waals surface area contributed by atoms with E-state index in [9.17, 15) is 4.79 Å². The second kappa shape index (κ2) is 3.01. The Morgan fingerprint density at radius 2 is 2.73 bits per heavy atom. The summed E-state index contributed by atoms with van der Waals surface area (Å²) in [5.74, 6) is -0.803. The Bertz CT molecular complexity index is 350. The van der Waals surface area contributed by atoms with E-state index >= 15 is 0 Å². The summed E-state index contributed by atoms with van der Waals surface area (Å²) in [6, 6.07) is 3.03. The number of nitrogens with zero attached hydrogens (tertiary/aromatic N) is 1. The molecule has 0 fully saturated rings. The van der Waals surface area contributed by atoms with Gasteiger partial charge in [0.15, 0.2) is 5.69 Å². The van der Waals surface area contributed by atoms with Gasteiger partial charge in [0, 0.05) is 17.3 Å². The summed E-state index contributed by atoms with van der Waals surface area (Å²) in [5.41, 5.74) is 5.50. The molecule has 0 aliphatic carbocycles. The van der Waals surface area contributed by atoms with Crippen LogP contribution in [0.15, 0.2) is 18.3 Å². The van der Waals surface area contributed by atoms with Gasteiger partial charge in [-0.1, -0.05) is 0 Å². The third-order valence-corrected chi connectivity index (χ3v) is 1.17. The minimum Gasteiger partial charge on any atom is -0.397 e. The maximum atomic E-state index is 11.3. The van der Waals surface area contributed by atoms with Crippen LogP contribution in [0.4, 0.5) is 5.69 Å². The van der Waals surface area contributed by atoms with E-state index in [0.717, 1.165) is 0 Å². The van der Waals surface area contributed by atoms with Crippen molar-refractivity contribution >= 4 is 11.6 Å². The van der Waals surface area contributed by atoms with E-state index in [-0.39, 0.29) is 11.4 Å². The standard InChI is InChI=1S/C7H9N3O/c1-9-7(11)6-5(8)3-2-4-10-6/h2-4H,8H2,1H3,(H,9,11)/i1D3. The molecule has 0 bridgehead atoms. The lowest BCUT2D eigenvalue weighted by atomic mass is 10.3. The van der Waals surface area contributed by atoms with Crippen molar-refractivity contribution in [3.05, 3.63) is 24.0 Å². The molecule has 1 heterocycles. The maximum absolute atomic E-state index is 11.3. The van der Waals surface area contributed by atoms with Gasteiger partial charge in [-0.3, -0.25) is 4.79 Å². The highest BCUT2D eigenvalue weighted by Crippen LogP contribution is 2.05. The minimum absolute atomic E-state index is 0.0800. The minimum atomic E-state index is -2.53. The Hall–Kier alpha value is -1.58. The Labute approximate surface area is 68.6 Å². The van der Waals surface area contributed by atoms with Gasteiger partial charge in [-0.25, -0.2) is 4.98 Å². The molecule has 0 aliphatic heterocycles. The molecule has 4 nitrogen and oxygen atoms in total. The molecular weight excluding hydrogens is 142 g/mol. The number of anilines is 1. The van der Waals surface area contributed by atoms with E-state index in [0.29, 0.717) is 0 Å². The zero-order valence-electron chi connectivity index (χ0n) is 8.66. The lowest BCUT2D eigenvalue weighted by molar-refractivity contribution is 0.0959. The second-order valence-electron chi connectivity index (χ2n) is 1.90. The fourth-order valence-corrected chi connectivity index (χ4v) is 0.667. The number of carbonyl (C=O) groups excluding carboxylic acids is 1. The van der Waals surface area contributed by atoms with Gasteiger partial charge in [0.05, 0.1) is 5.69 Å². The summed E-state index contributed by atoms with van der Waals surface area (Å²) < 4.78 is 20.4. The van der Waals surface area contributed by atoms with E-state index in [1.54, 1.807) is 11.4 Å². The third-order valence-electron chi connectivity index (χ3n) is 1.17. The first-order valence-corrected chi connectivity index (χ1v) is 2.93. The molecule has 1 amide bonds. The van der Waals surface area contributed by atoms with Gasteiger partial charge in [-0.05, 0) is 12.1 Å². The van der Waals surface area contributed by atoms with Crippen LogP contribution < -0.4 is 11.1 Å². The van der Waals surface area contributed by atoms with Crippen LogP contribution in [0.5, 0.6) is 0 Å². The van der Waals surface area contributed by atoms with E-state index < -0.39 is 12.9 Å². The first-order chi connectivity index (χ1) is 6.40. The van der Waals surface area contributed by atoms with Crippen LogP contribution in [0.25, 0.3) is 0 Å². The summed E-state index contributed by atoms with van der Waals surface area (Å²) in [7, 11) is 0. The Kier molecular flexibility index (Phi) is 1.18. The first-order valence-electron chi connectivity index (χ1n) is 4.43. The van der Waals surface area contributed by atoms with Crippen LogP contribution in [0.3, 0.4) is 0 Å². The molecule has 0 saturated carbocycles. The van der Waals surface area contributed by atoms with Gasteiger partial charge in [0.1, 0.15) is 0 Å². The number of rotatable bonds is 1. The molecule has 4 heteroatoms. The molecule has 0 radical (unpaired) electrons. The Morgan fingerprint density at radius 3 is 3.36 bits per heavy atom. The fraction of sp³-hybridized carbons (Fsp3) is 0.143. The van der Waals surface area contributed by atoms with E-state index in [1.807, 2.05) is 0 Å². The fourth-order valence-electron chi connectivity index (χ4n) is 0.667. The van der Waals surface area contributed by atoms with Crippen molar-refractivity contribution in [1.82, 2.24) is 10.3 Å². The maximum Gasteiger partial charge on any atom is 0.271 e. The number of nitrogens with one attached hydrogen (secondary N) is 1. The summed E-state index contributed by atoms with van der Waals surface area (Å²) in [5, 5.41) is 1.79. The summed E-state index contributed by atoms with van der Waals surface area (Å²) in [6.45, 7) is -2.53. The monoisotopic (exact) mass is 154 g/mol. The number of nitrogen functional groups attached to an aromatic ring is 1. The van der Waals surface area contributed by atoms with Crippen LogP contribution in [0.1, 0.15) is 14.6 Å². The van der Waals surface area contributed by atoms with Gasteiger partial charge in [-0.2, -0.15) is 0 Å². The summed E-state index contributed by atoms with van der Waals surface area (Å²) >= 11 is 0. The highest BCUT2D eigenvalue weighted by atomic mass is 16.1. The molecular formula is C7H9N3O. The topological polar surface area (TPSA) is 68.0 Å². The molecule has 0 atom stereocenters. The average molecular weight is 154 g/mol. The second-order valence-corrected chi connectivity index (χ2v) is 1.90. The van der Waals surface area contributed by atoms with Crippen LogP contribution >= 0.6 is 0 Å². The van der Waals surface area contributed by atoms with Crippen molar-refractivity contribution in [3.8, 4) is 0 Å². The van der Waals surface area contributed by atoms with Crippen LogP contribution in [-0.4, -0.2) is 17.9 Å². The van der Waals surface area contributed by atoms with Crippen LogP contribution in [0, 0.1) is 0 Å². The quantitative estimate of drug-likeness (QED) is 0.599. The largest absolute Gasteiger partial charge is 0.397 e. The zero-order chi connectivity index (χ0) is 10.8. The molecule has 1 aromatic rings. The normalized spacial score (nSPS) is 14.4. The van der Waals surface area contributed by atoms with Crippen molar-refractivity contribution < 1.29 is 8.91 Å². The number of nitrogens with two attached hydrogens (primary N) is 1. The zero-order valence-corrected chi connectivity index (χ0v) is 5.66. The molecule has 0 spiro atoms. The van der Waals surface area contributed by atoms with Crippen LogP contribution in [0.2, 0.25) is 0 Å². The summed E-state index contributed by atoms with van der Waals surface area (Å²) in [6.07, 6.45) is 1.37. The van der Waals surface area contributed by atoms with Crippen molar-refractivity contribution in [1.29, 1.82) is 0 Å². The number of carbonyl (C=O) groups is 1. The Morgan fingerprint density at radius 1 is 1.91 bits per heavy atom. The molecule has 1 rings (SSSR count). The molecule has 0 saturated heterocycles. The smallest absolute Gasteiger partial charge is 0.271 e. The molecule has 0 unspecified atom stereocenters. The van der Waals surface area contributed by atoms with Crippen molar-refractivity contribution in [3.63, 3.8) is 0 Å². The molecule has 0 aromatic carbocycles. The van der Waals surface area contributed by atoms with Crippen molar-refractivity contribution in [2.45, 2.75) is 0 Å². The SMILES string of the molecule is [2H]C([2H])([2H])NC(=O)c1ncccc1N. The van der Waals surface area contributed by atoms with Gasteiger partial charge < -0.3 is 11.1 Å². The molecule has 11 heavy (non-hydrogen) atoms. The predicted octanol–water partition coefficient (Wildman–Crippen LogP) is 0.0234. The average Bonchev–Trinajstić information content (AvgIpc) is 2.01. The lowest BCUT2D eigenvalue weighted by Crippen LogP contribution is -2.20. The highest BCUT2D eigenvalue weighted by molar-refractivity contribution is 5.96. The molecule has 1 aromatic heterocycles. The number of hydrogen-bond acceptors (Lipinski definition) is 3. The highest BCUT2D eigenvalue weighted by Gasteiger charge is 2.06. The Balaban J connectivity index is 2.86. The molecule has 0 aliphatic rings. The predicted molar refractivity (Wildman–Crippen MR) is 42.0 cm³/mol. The number of amides is 1. The van der Waals surface area contributed by atoms with Crippen molar-refractivity contribution in [2.75, 3.05) is 12.7 Å².